The molecule has 3 aromatic rings. The number of aromatic nitrogens is 1. The summed E-state index contributed by atoms with van der Waals surface area (Å²) in [4.78, 5) is 0. The number of hydrogen-bond donors (Lipinski definition) is 2. The van der Waals surface area contributed by atoms with Crippen molar-refractivity contribution in [2.45, 2.75) is 90.6 Å². The Morgan fingerprint density at radius 3 is 2.49 bits per heavy atom. The molecule has 1 unspecified atom stereocenters. The highest BCUT2D eigenvalue weighted by molar-refractivity contribution is 5.85. The summed E-state index contributed by atoms with van der Waals surface area (Å²) in [6.07, 6.45) is 14.0. The summed E-state index contributed by atoms with van der Waals surface area (Å²) in [5.74, 6) is 2.11. The molecule has 1 saturated heterocycles. The summed E-state index contributed by atoms with van der Waals surface area (Å²) in [7, 11) is 0. The van der Waals surface area contributed by atoms with Crippen molar-refractivity contribution in [3.05, 3.63) is 71.4 Å². The molecule has 3 heteroatoms. The summed E-state index contributed by atoms with van der Waals surface area (Å²) in [5.41, 5.74) is 11.9. The summed E-state index contributed by atoms with van der Waals surface area (Å²) < 4.78 is 2.58. The summed E-state index contributed by atoms with van der Waals surface area (Å²) in [6.45, 7) is 5.70. The molecule has 2 heterocycles. The average molecular weight is 474 g/mol. The van der Waals surface area contributed by atoms with Crippen molar-refractivity contribution >= 4 is 10.9 Å². The minimum Gasteiger partial charge on any atom is -0.347 e. The predicted molar refractivity (Wildman–Crippen MR) is 151 cm³/mol. The molecule has 0 bridgehead atoms. The van der Waals surface area contributed by atoms with Gasteiger partial charge in [0.05, 0.1) is 0 Å². The fraction of sp³-hybridized carbons (Fsp3) is 0.562. The zero-order valence-corrected chi connectivity index (χ0v) is 21.0. The number of hydrogen-bond acceptors (Lipinski definition) is 2. The third-order valence-electron chi connectivity index (χ3n) is 8.55. The highest BCUT2D eigenvalue weighted by Gasteiger charge is 2.23. The molecule has 1 aliphatic carbocycles. The van der Waals surface area contributed by atoms with Gasteiger partial charge in [-0.05, 0) is 94.0 Å². The molecule has 3 N–H and O–H groups in total. The van der Waals surface area contributed by atoms with Crippen LogP contribution in [-0.4, -0.2) is 23.7 Å². The van der Waals surface area contributed by atoms with Gasteiger partial charge in [-0.25, -0.2) is 0 Å². The topological polar surface area (TPSA) is 43.0 Å². The van der Waals surface area contributed by atoms with E-state index in [2.05, 4.69) is 71.5 Å². The van der Waals surface area contributed by atoms with Crippen LogP contribution in [0.5, 0.6) is 0 Å². The van der Waals surface area contributed by atoms with E-state index in [0.29, 0.717) is 12.0 Å². The van der Waals surface area contributed by atoms with E-state index in [1.165, 1.54) is 85.4 Å². The summed E-state index contributed by atoms with van der Waals surface area (Å²) >= 11 is 0. The van der Waals surface area contributed by atoms with Gasteiger partial charge in [0.1, 0.15) is 0 Å². The minimum atomic E-state index is 0. The second-order valence-electron chi connectivity index (χ2n) is 11.1. The van der Waals surface area contributed by atoms with Crippen molar-refractivity contribution in [3.8, 4) is 0 Å². The van der Waals surface area contributed by atoms with Gasteiger partial charge in [-0.3, -0.25) is 0 Å². The lowest BCUT2D eigenvalue weighted by atomic mass is 9.81. The third kappa shape index (κ3) is 6.37. The van der Waals surface area contributed by atoms with Crippen LogP contribution in [0.3, 0.4) is 0 Å². The standard InChI is InChI=1S/C31H43N3.CH4/c1-23-6-4-8-26(20-23)28(10-5-7-24-12-14-27(32)15-13-24)30-22-34(21-25-16-18-33-19-17-25)31-11-3-2-9-29(30)31;/h2-4,6,8-9,11,20,22,24-25,27-28,33H,5,7,10,12-19,21,32H2,1H3;1H4. The molecular formula is C32H47N3. The first kappa shape index (κ1) is 26.0. The molecule has 1 aliphatic heterocycles. The van der Waals surface area contributed by atoms with Crippen LogP contribution < -0.4 is 11.1 Å². The van der Waals surface area contributed by atoms with E-state index in [-0.39, 0.29) is 7.43 Å². The molecule has 0 amide bonds. The minimum absolute atomic E-state index is 0. The first-order chi connectivity index (χ1) is 16.7. The van der Waals surface area contributed by atoms with Gasteiger partial charge in [-0.2, -0.15) is 0 Å². The van der Waals surface area contributed by atoms with Crippen LogP contribution >= 0.6 is 0 Å². The fourth-order valence-corrected chi connectivity index (χ4v) is 6.52. The molecule has 1 atom stereocenters. The van der Waals surface area contributed by atoms with Crippen LogP contribution in [0.25, 0.3) is 10.9 Å². The Labute approximate surface area is 213 Å². The Kier molecular flexibility index (Phi) is 9.08. The van der Waals surface area contributed by atoms with Crippen molar-refractivity contribution in [2.24, 2.45) is 17.6 Å². The Bertz CT molecular complexity index is 1050. The summed E-state index contributed by atoms with van der Waals surface area (Å²) in [5, 5.41) is 4.97. The average Bonchev–Trinajstić information content (AvgIpc) is 3.22. The van der Waals surface area contributed by atoms with Crippen LogP contribution in [0, 0.1) is 18.8 Å². The summed E-state index contributed by atoms with van der Waals surface area (Å²) in [6, 6.07) is 18.8. The Balaban J connectivity index is 0.00000289. The maximum atomic E-state index is 6.16. The third-order valence-corrected chi connectivity index (χ3v) is 8.55. The van der Waals surface area contributed by atoms with E-state index in [9.17, 15) is 0 Å². The molecule has 2 aromatic carbocycles. The molecule has 3 nitrogen and oxygen atoms in total. The van der Waals surface area contributed by atoms with Crippen LogP contribution in [-0.2, 0) is 6.54 Å². The maximum absolute atomic E-state index is 6.16. The van der Waals surface area contributed by atoms with Crippen LogP contribution in [0.1, 0.15) is 87.8 Å². The molecule has 2 fully saturated rings. The Hall–Kier alpha value is -2.10. The van der Waals surface area contributed by atoms with Gasteiger partial charge in [-0.1, -0.05) is 68.3 Å². The molecule has 190 valence electrons. The van der Waals surface area contributed by atoms with Crippen molar-refractivity contribution < 1.29 is 0 Å². The number of piperidine rings is 1. The molecule has 5 rings (SSSR count). The van der Waals surface area contributed by atoms with E-state index in [4.69, 9.17) is 5.73 Å². The quantitative estimate of drug-likeness (QED) is 0.358. The first-order valence-electron chi connectivity index (χ1n) is 13.8. The lowest BCUT2D eigenvalue weighted by Crippen LogP contribution is -2.29. The molecule has 2 aliphatic rings. The number of nitrogens with two attached hydrogens (primary N) is 1. The largest absolute Gasteiger partial charge is 0.347 e. The van der Waals surface area contributed by atoms with Crippen LogP contribution in [0.2, 0.25) is 0 Å². The van der Waals surface area contributed by atoms with Gasteiger partial charge < -0.3 is 15.6 Å². The Morgan fingerprint density at radius 2 is 1.71 bits per heavy atom. The van der Waals surface area contributed by atoms with E-state index in [1.807, 2.05) is 0 Å². The van der Waals surface area contributed by atoms with Gasteiger partial charge in [0, 0.05) is 35.6 Å². The van der Waals surface area contributed by atoms with Crippen molar-refractivity contribution in [2.75, 3.05) is 13.1 Å². The molecular weight excluding hydrogens is 426 g/mol. The van der Waals surface area contributed by atoms with E-state index < -0.39 is 0 Å². The molecule has 0 spiro atoms. The lowest BCUT2D eigenvalue weighted by Gasteiger charge is -2.26. The zero-order chi connectivity index (χ0) is 23.3. The van der Waals surface area contributed by atoms with Gasteiger partial charge in [0.25, 0.3) is 0 Å². The number of benzene rings is 2. The fourth-order valence-electron chi connectivity index (χ4n) is 6.52. The van der Waals surface area contributed by atoms with Crippen molar-refractivity contribution in [1.82, 2.24) is 9.88 Å². The van der Waals surface area contributed by atoms with Crippen molar-refractivity contribution in [1.29, 1.82) is 0 Å². The van der Waals surface area contributed by atoms with E-state index in [1.54, 1.807) is 0 Å². The van der Waals surface area contributed by atoms with Crippen molar-refractivity contribution in [3.63, 3.8) is 0 Å². The number of para-hydroxylation sites is 1. The normalized spacial score (nSPS) is 22.1. The van der Waals surface area contributed by atoms with Crippen LogP contribution in [0.15, 0.2) is 54.7 Å². The van der Waals surface area contributed by atoms with Gasteiger partial charge in [0.2, 0.25) is 0 Å². The van der Waals surface area contributed by atoms with Gasteiger partial charge >= 0.3 is 0 Å². The highest BCUT2D eigenvalue weighted by Crippen LogP contribution is 2.38. The highest BCUT2D eigenvalue weighted by atomic mass is 15.0. The second kappa shape index (κ2) is 12.2. The smallest absolute Gasteiger partial charge is 0.0483 e. The second-order valence-corrected chi connectivity index (χ2v) is 11.1. The Morgan fingerprint density at radius 1 is 0.943 bits per heavy atom. The van der Waals surface area contributed by atoms with Gasteiger partial charge in [-0.15, -0.1) is 0 Å². The number of nitrogens with zero attached hydrogens (tertiary/aromatic N) is 1. The zero-order valence-electron chi connectivity index (χ0n) is 21.0. The molecule has 35 heavy (non-hydrogen) atoms. The lowest BCUT2D eigenvalue weighted by molar-refractivity contribution is 0.302. The number of nitrogens with one attached hydrogen (secondary N) is 1. The SMILES string of the molecule is C.Cc1cccc(C(CCCC2CCC(N)CC2)c2cn(CC3CCNCC3)c3ccccc23)c1. The van der Waals surface area contributed by atoms with E-state index in [0.717, 1.165) is 31.5 Å². The first-order valence-corrected chi connectivity index (χ1v) is 13.8. The number of rotatable bonds is 8. The monoisotopic (exact) mass is 473 g/mol. The molecule has 1 saturated carbocycles. The molecule has 1 aromatic heterocycles. The predicted octanol–water partition coefficient (Wildman–Crippen LogP) is 7.41. The molecule has 0 radical (unpaired) electrons. The van der Waals surface area contributed by atoms with Gasteiger partial charge in [0.15, 0.2) is 0 Å². The number of fused-ring (bicyclic) bond motifs is 1. The van der Waals surface area contributed by atoms with E-state index >= 15 is 0 Å². The van der Waals surface area contributed by atoms with Crippen LogP contribution in [0.4, 0.5) is 0 Å². The maximum Gasteiger partial charge on any atom is 0.0483 e. The number of aryl methyl sites for hydroxylation is 1.